The third kappa shape index (κ3) is 3.76. The average Bonchev–Trinajstić information content (AvgIpc) is 2.15. The third-order valence-corrected chi connectivity index (χ3v) is 3.35. The summed E-state index contributed by atoms with van der Waals surface area (Å²) >= 11 is 15.3. The second kappa shape index (κ2) is 5.46. The molecule has 0 aromatic heterocycles. The van der Waals surface area contributed by atoms with Crippen LogP contribution in [0.5, 0.6) is 0 Å². The molecular weight excluding hydrogens is 329 g/mol. The summed E-state index contributed by atoms with van der Waals surface area (Å²) in [6, 6.07) is 3.40. The lowest BCUT2D eigenvalue weighted by Gasteiger charge is -2.21. The Balaban J connectivity index is 2.87. The fourth-order valence-electron chi connectivity index (χ4n) is 1.10. The minimum atomic E-state index is -0.889. The topological polar surface area (TPSA) is 49.3 Å². The molecule has 6 heteroatoms. The van der Waals surface area contributed by atoms with Crippen LogP contribution in [-0.2, 0) is 4.79 Å². The van der Waals surface area contributed by atoms with E-state index in [1.165, 1.54) is 0 Å². The molecule has 1 rings (SSSR count). The predicted molar refractivity (Wildman–Crippen MR) is 74.1 cm³/mol. The van der Waals surface area contributed by atoms with Crippen molar-refractivity contribution in [3.8, 4) is 0 Å². The monoisotopic (exact) mass is 339 g/mol. The summed E-state index contributed by atoms with van der Waals surface area (Å²) in [5.74, 6) is -0.880. The molecule has 3 nitrogen and oxygen atoms in total. The number of halogens is 3. The lowest BCUT2D eigenvalue weighted by molar-refractivity contribution is -0.146. The second-order valence-electron chi connectivity index (χ2n) is 4.29. The van der Waals surface area contributed by atoms with Crippen LogP contribution in [-0.4, -0.2) is 17.6 Å². The smallest absolute Gasteiger partial charge is 0.310 e. The molecule has 0 saturated carbocycles. The first kappa shape index (κ1) is 14.6. The predicted octanol–water partition coefficient (Wildman–Crippen LogP) is 4.28. The van der Waals surface area contributed by atoms with Gasteiger partial charge in [0.1, 0.15) is 0 Å². The summed E-state index contributed by atoms with van der Waals surface area (Å²) in [5.41, 5.74) is -0.342. The van der Waals surface area contributed by atoms with Crippen molar-refractivity contribution < 1.29 is 9.90 Å². The lowest BCUT2D eigenvalue weighted by atomic mass is 9.94. The molecule has 0 radical (unpaired) electrons. The molecule has 0 aliphatic heterocycles. The number of hydrogen-bond acceptors (Lipinski definition) is 2. The molecule has 17 heavy (non-hydrogen) atoms. The van der Waals surface area contributed by atoms with E-state index in [0.29, 0.717) is 15.7 Å². The van der Waals surface area contributed by atoms with Crippen LogP contribution in [0.1, 0.15) is 13.8 Å². The van der Waals surface area contributed by atoms with E-state index in [4.69, 9.17) is 28.3 Å². The van der Waals surface area contributed by atoms with E-state index >= 15 is 0 Å². The van der Waals surface area contributed by atoms with Crippen LogP contribution in [0.3, 0.4) is 0 Å². The minimum Gasteiger partial charge on any atom is -0.481 e. The van der Waals surface area contributed by atoms with Crippen molar-refractivity contribution in [3.05, 3.63) is 26.7 Å². The first-order chi connectivity index (χ1) is 7.74. The highest BCUT2D eigenvalue weighted by Crippen LogP contribution is 2.34. The van der Waals surface area contributed by atoms with Gasteiger partial charge in [0, 0.05) is 11.0 Å². The molecule has 94 valence electrons. The number of carbonyl (C=O) groups is 1. The van der Waals surface area contributed by atoms with Gasteiger partial charge in [-0.1, -0.05) is 39.1 Å². The molecule has 0 unspecified atom stereocenters. The maximum Gasteiger partial charge on any atom is 0.310 e. The third-order valence-electron chi connectivity index (χ3n) is 2.29. The molecule has 0 fully saturated rings. The molecule has 0 aliphatic rings. The summed E-state index contributed by atoms with van der Waals surface area (Å²) in [7, 11) is 0. The molecule has 0 atom stereocenters. The highest BCUT2D eigenvalue weighted by atomic mass is 79.9. The maximum atomic E-state index is 11.0. The van der Waals surface area contributed by atoms with Crippen LogP contribution >= 0.6 is 39.1 Å². The van der Waals surface area contributed by atoms with Crippen molar-refractivity contribution in [1.29, 1.82) is 0 Å². The fraction of sp³-hybridized carbons (Fsp3) is 0.364. The van der Waals surface area contributed by atoms with Crippen molar-refractivity contribution in [2.45, 2.75) is 13.8 Å². The Morgan fingerprint density at radius 1 is 1.41 bits per heavy atom. The molecule has 0 bridgehead atoms. The van der Waals surface area contributed by atoms with Crippen LogP contribution in [0.4, 0.5) is 5.69 Å². The molecule has 0 amide bonds. The van der Waals surface area contributed by atoms with E-state index in [9.17, 15) is 4.79 Å². The largest absolute Gasteiger partial charge is 0.481 e. The van der Waals surface area contributed by atoms with Crippen LogP contribution < -0.4 is 5.32 Å². The van der Waals surface area contributed by atoms with Crippen LogP contribution in [0, 0.1) is 5.41 Å². The number of nitrogens with one attached hydrogen (secondary N) is 1. The number of anilines is 1. The van der Waals surface area contributed by atoms with Gasteiger partial charge in [0.25, 0.3) is 0 Å². The number of rotatable bonds is 4. The standard InChI is InChI=1S/C11H12BrCl2NO2/c1-11(2,10(16)17)5-15-9-7(13)3-6(12)4-8(9)14/h3-4,15H,5H2,1-2H3,(H,16,17). The van der Waals surface area contributed by atoms with Gasteiger partial charge in [0.15, 0.2) is 0 Å². The maximum absolute atomic E-state index is 11.0. The molecule has 1 aromatic rings. The van der Waals surface area contributed by atoms with E-state index in [2.05, 4.69) is 21.2 Å². The Morgan fingerprint density at radius 3 is 2.29 bits per heavy atom. The molecule has 0 spiro atoms. The zero-order chi connectivity index (χ0) is 13.2. The van der Waals surface area contributed by atoms with Crippen molar-refractivity contribution >= 4 is 50.8 Å². The first-order valence-corrected chi connectivity index (χ1v) is 6.41. The SMILES string of the molecule is CC(C)(CNc1c(Cl)cc(Br)cc1Cl)C(=O)O. The molecule has 1 aromatic carbocycles. The average molecular weight is 341 g/mol. The van der Waals surface area contributed by atoms with Gasteiger partial charge >= 0.3 is 5.97 Å². The van der Waals surface area contributed by atoms with Gasteiger partial charge in [-0.25, -0.2) is 0 Å². The Labute approximate surface area is 118 Å². The van der Waals surface area contributed by atoms with Crippen molar-refractivity contribution in [2.24, 2.45) is 5.41 Å². The van der Waals surface area contributed by atoms with Crippen LogP contribution in [0.25, 0.3) is 0 Å². The fourth-order valence-corrected chi connectivity index (χ4v) is 2.44. The lowest BCUT2D eigenvalue weighted by Crippen LogP contribution is -2.31. The minimum absolute atomic E-state index is 0.239. The number of benzene rings is 1. The highest BCUT2D eigenvalue weighted by Gasteiger charge is 2.27. The van der Waals surface area contributed by atoms with Gasteiger partial charge in [0.2, 0.25) is 0 Å². The zero-order valence-corrected chi connectivity index (χ0v) is 12.4. The van der Waals surface area contributed by atoms with Gasteiger partial charge in [-0.2, -0.15) is 0 Å². The van der Waals surface area contributed by atoms with E-state index in [0.717, 1.165) is 4.47 Å². The van der Waals surface area contributed by atoms with Crippen molar-refractivity contribution in [1.82, 2.24) is 0 Å². The summed E-state index contributed by atoms with van der Waals surface area (Å²) < 4.78 is 0.774. The number of aliphatic carboxylic acids is 1. The van der Waals surface area contributed by atoms with E-state index in [-0.39, 0.29) is 6.54 Å². The van der Waals surface area contributed by atoms with Crippen LogP contribution in [0.15, 0.2) is 16.6 Å². The summed E-state index contributed by atoms with van der Waals surface area (Å²) in [4.78, 5) is 11.0. The summed E-state index contributed by atoms with van der Waals surface area (Å²) in [5, 5.41) is 12.9. The van der Waals surface area contributed by atoms with E-state index < -0.39 is 11.4 Å². The molecule has 0 saturated heterocycles. The first-order valence-electron chi connectivity index (χ1n) is 4.86. The van der Waals surface area contributed by atoms with Gasteiger partial charge in [-0.3, -0.25) is 4.79 Å². The summed E-state index contributed by atoms with van der Waals surface area (Å²) in [6.45, 7) is 3.50. The van der Waals surface area contributed by atoms with E-state index in [1.807, 2.05) is 0 Å². The van der Waals surface area contributed by atoms with Crippen molar-refractivity contribution in [2.75, 3.05) is 11.9 Å². The Morgan fingerprint density at radius 2 is 1.88 bits per heavy atom. The number of carboxylic acid groups (broad SMARTS) is 1. The number of hydrogen-bond donors (Lipinski definition) is 2. The zero-order valence-electron chi connectivity index (χ0n) is 9.35. The highest BCUT2D eigenvalue weighted by molar-refractivity contribution is 9.10. The summed E-state index contributed by atoms with van der Waals surface area (Å²) in [6.07, 6.45) is 0. The van der Waals surface area contributed by atoms with Gasteiger partial charge < -0.3 is 10.4 Å². The molecule has 0 heterocycles. The Hall–Kier alpha value is -0.450. The molecule has 2 N–H and O–H groups in total. The Bertz CT molecular complexity index is 426. The van der Waals surface area contributed by atoms with Crippen molar-refractivity contribution in [3.63, 3.8) is 0 Å². The van der Waals surface area contributed by atoms with Gasteiger partial charge in [0.05, 0.1) is 21.1 Å². The van der Waals surface area contributed by atoms with Crippen LogP contribution in [0.2, 0.25) is 10.0 Å². The Kier molecular flexibility index (Phi) is 4.69. The van der Waals surface area contributed by atoms with Gasteiger partial charge in [-0.05, 0) is 26.0 Å². The molecular formula is C11H12BrCl2NO2. The second-order valence-corrected chi connectivity index (χ2v) is 6.02. The quantitative estimate of drug-likeness (QED) is 0.860. The van der Waals surface area contributed by atoms with E-state index in [1.54, 1.807) is 26.0 Å². The molecule has 0 aliphatic carbocycles. The van der Waals surface area contributed by atoms with Gasteiger partial charge in [-0.15, -0.1) is 0 Å². The normalized spacial score (nSPS) is 11.4. The number of carboxylic acids is 1.